The molecule has 0 nitrogen and oxygen atoms in total. The molecule has 0 aliphatic heterocycles. The molecule has 0 aromatic heterocycles. The number of allylic oxidation sites excluding steroid dienone is 2. The third-order valence-electron chi connectivity index (χ3n) is 8.24. The van der Waals surface area contributed by atoms with Crippen molar-refractivity contribution in [1.82, 2.24) is 0 Å². The van der Waals surface area contributed by atoms with E-state index in [0.717, 1.165) is 28.6 Å². The van der Waals surface area contributed by atoms with Gasteiger partial charge in [0.2, 0.25) is 0 Å². The number of hydrogen-bond donors (Lipinski definition) is 0. The van der Waals surface area contributed by atoms with Gasteiger partial charge in [-0.3, -0.25) is 0 Å². The standard InChI is InChI=1S/C20H30FI/c1-12-10-17-15-5-4-13-11-14(22)6-8-19(13,2)16(15)7-9-20(17,3)18(12)21/h4,12,14-18H,5-11H2,1-3H3/t12?,14?,15-,16-,17+,18?,19+,20+/m1/s1. The fourth-order valence-corrected chi connectivity index (χ4v) is 7.71. The molecule has 3 unspecified atom stereocenters. The zero-order valence-electron chi connectivity index (χ0n) is 14.2. The predicted octanol–water partition coefficient (Wildman–Crippen LogP) is 6.34. The molecule has 0 aromatic rings. The minimum atomic E-state index is -0.568. The highest BCUT2D eigenvalue weighted by Gasteiger charge is 2.60. The molecule has 0 bridgehead atoms. The Labute approximate surface area is 148 Å². The van der Waals surface area contributed by atoms with Gasteiger partial charge in [0.05, 0.1) is 0 Å². The van der Waals surface area contributed by atoms with Crippen LogP contribution in [-0.4, -0.2) is 10.1 Å². The molecule has 3 saturated carbocycles. The summed E-state index contributed by atoms with van der Waals surface area (Å²) in [6.07, 6.45) is 10.8. The highest BCUT2D eigenvalue weighted by atomic mass is 127. The molecule has 8 atom stereocenters. The molecule has 22 heavy (non-hydrogen) atoms. The number of fused-ring (bicyclic) bond motifs is 5. The van der Waals surface area contributed by atoms with Gasteiger partial charge >= 0.3 is 0 Å². The van der Waals surface area contributed by atoms with Crippen LogP contribution in [0.5, 0.6) is 0 Å². The van der Waals surface area contributed by atoms with Gasteiger partial charge in [0, 0.05) is 9.34 Å². The Morgan fingerprint density at radius 3 is 2.73 bits per heavy atom. The molecule has 124 valence electrons. The van der Waals surface area contributed by atoms with E-state index in [0.29, 0.717) is 11.3 Å². The molecule has 0 spiro atoms. The molecule has 4 aliphatic rings. The highest BCUT2D eigenvalue weighted by Crippen LogP contribution is 2.66. The second-order valence-corrected chi connectivity index (χ2v) is 11.0. The minimum Gasteiger partial charge on any atom is -0.247 e. The van der Waals surface area contributed by atoms with Crippen LogP contribution in [0, 0.1) is 34.5 Å². The maximum absolute atomic E-state index is 14.9. The first-order chi connectivity index (χ1) is 10.4. The van der Waals surface area contributed by atoms with Gasteiger partial charge in [0.15, 0.2) is 0 Å². The third-order valence-corrected chi connectivity index (χ3v) is 9.30. The number of rotatable bonds is 0. The second-order valence-electron chi connectivity index (χ2n) is 9.26. The van der Waals surface area contributed by atoms with Crippen LogP contribution in [0.2, 0.25) is 0 Å². The summed E-state index contributed by atoms with van der Waals surface area (Å²) in [7, 11) is 0. The van der Waals surface area contributed by atoms with Gasteiger partial charge in [-0.2, -0.15) is 0 Å². The van der Waals surface area contributed by atoms with Crippen molar-refractivity contribution >= 4 is 22.6 Å². The molecular weight excluding hydrogens is 386 g/mol. The van der Waals surface area contributed by atoms with Crippen molar-refractivity contribution in [3.63, 3.8) is 0 Å². The monoisotopic (exact) mass is 416 g/mol. The van der Waals surface area contributed by atoms with E-state index < -0.39 is 6.17 Å². The van der Waals surface area contributed by atoms with Crippen LogP contribution in [0.3, 0.4) is 0 Å². The van der Waals surface area contributed by atoms with Crippen LogP contribution in [0.4, 0.5) is 4.39 Å². The Balaban J connectivity index is 1.68. The topological polar surface area (TPSA) is 0 Å². The summed E-state index contributed by atoms with van der Waals surface area (Å²) in [6.45, 7) is 6.97. The number of hydrogen-bond acceptors (Lipinski definition) is 0. The van der Waals surface area contributed by atoms with Gasteiger partial charge in [-0.25, -0.2) is 4.39 Å². The summed E-state index contributed by atoms with van der Waals surface area (Å²) in [5, 5.41) is 0. The summed E-state index contributed by atoms with van der Waals surface area (Å²) in [5.74, 6) is 2.48. The lowest BCUT2D eigenvalue weighted by atomic mass is 9.48. The molecule has 2 heteroatoms. The summed E-state index contributed by atoms with van der Waals surface area (Å²) in [6, 6.07) is 0. The van der Waals surface area contributed by atoms with E-state index in [4.69, 9.17) is 0 Å². The molecule has 0 amide bonds. The van der Waals surface area contributed by atoms with Crippen molar-refractivity contribution in [3.05, 3.63) is 11.6 Å². The average Bonchev–Trinajstić information content (AvgIpc) is 2.72. The van der Waals surface area contributed by atoms with Crippen LogP contribution in [0.25, 0.3) is 0 Å². The zero-order chi connectivity index (χ0) is 15.7. The first kappa shape index (κ1) is 15.9. The van der Waals surface area contributed by atoms with E-state index in [2.05, 4.69) is 49.4 Å². The molecule has 0 saturated heterocycles. The predicted molar refractivity (Wildman–Crippen MR) is 99.0 cm³/mol. The highest BCUT2D eigenvalue weighted by molar-refractivity contribution is 14.1. The van der Waals surface area contributed by atoms with Crippen LogP contribution in [0.15, 0.2) is 11.6 Å². The van der Waals surface area contributed by atoms with Gasteiger partial charge in [0.25, 0.3) is 0 Å². The van der Waals surface area contributed by atoms with Crippen molar-refractivity contribution in [3.8, 4) is 0 Å². The largest absolute Gasteiger partial charge is 0.247 e. The van der Waals surface area contributed by atoms with Crippen molar-refractivity contribution in [2.45, 2.75) is 75.8 Å². The van der Waals surface area contributed by atoms with Gasteiger partial charge in [-0.05, 0) is 74.0 Å². The van der Waals surface area contributed by atoms with Gasteiger partial charge in [-0.1, -0.05) is 55.0 Å². The van der Waals surface area contributed by atoms with Gasteiger partial charge in [0.1, 0.15) is 6.17 Å². The Kier molecular flexibility index (Phi) is 3.76. The maximum atomic E-state index is 14.9. The van der Waals surface area contributed by atoms with Gasteiger partial charge in [-0.15, -0.1) is 0 Å². The van der Waals surface area contributed by atoms with Crippen LogP contribution >= 0.6 is 22.6 Å². The SMILES string of the molecule is CC1C[C@H]2[C@@H]3CC=C4CC(I)CC[C@]4(C)[C@@H]3CC[C@]2(C)C1F. The molecule has 0 radical (unpaired) electrons. The fraction of sp³-hybridized carbons (Fsp3) is 0.900. The summed E-state index contributed by atoms with van der Waals surface area (Å²) >= 11 is 2.64. The maximum Gasteiger partial charge on any atom is 0.108 e. The zero-order valence-corrected chi connectivity index (χ0v) is 16.4. The molecule has 0 aromatic carbocycles. The second kappa shape index (κ2) is 5.20. The number of halogens is 2. The molecule has 4 aliphatic carbocycles. The summed E-state index contributed by atoms with van der Waals surface area (Å²) in [5.41, 5.74) is 2.16. The van der Waals surface area contributed by atoms with E-state index in [9.17, 15) is 4.39 Å². The van der Waals surface area contributed by atoms with E-state index in [1.54, 1.807) is 5.57 Å². The Morgan fingerprint density at radius 1 is 1.18 bits per heavy atom. The summed E-state index contributed by atoms with van der Waals surface area (Å²) < 4.78 is 15.7. The van der Waals surface area contributed by atoms with Crippen LogP contribution in [-0.2, 0) is 0 Å². The molecule has 3 fully saturated rings. The van der Waals surface area contributed by atoms with Crippen molar-refractivity contribution in [2.75, 3.05) is 0 Å². The van der Waals surface area contributed by atoms with E-state index in [-0.39, 0.29) is 11.3 Å². The van der Waals surface area contributed by atoms with Crippen molar-refractivity contribution < 1.29 is 4.39 Å². The van der Waals surface area contributed by atoms with Crippen LogP contribution in [0.1, 0.15) is 65.7 Å². The lowest BCUT2D eigenvalue weighted by Gasteiger charge is -2.57. The van der Waals surface area contributed by atoms with Gasteiger partial charge < -0.3 is 0 Å². The third kappa shape index (κ3) is 2.04. The number of alkyl halides is 2. The first-order valence-corrected chi connectivity index (χ1v) is 10.6. The summed E-state index contributed by atoms with van der Waals surface area (Å²) in [4.78, 5) is 0. The molecule has 4 rings (SSSR count). The van der Waals surface area contributed by atoms with Crippen LogP contribution < -0.4 is 0 Å². The first-order valence-electron chi connectivity index (χ1n) is 9.34. The van der Waals surface area contributed by atoms with Crippen molar-refractivity contribution in [1.29, 1.82) is 0 Å². The molecule has 0 N–H and O–H groups in total. The Morgan fingerprint density at radius 2 is 1.95 bits per heavy atom. The average molecular weight is 416 g/mol. The molecular formula is C20H30FI. The Hall–Kier alpha value is 0.400. The lowest BCUT2D eigenvalue weighted by molar-refractivity contribution is -0.0476. The lowest BCUT2D eigenvalue weighted by Crippen LogP contribution is -2.50. The Bertz CT molecular complexity index is 500. The van der Waals surface area contributed by atoms with Crippen molar-refractivity contribution in [2.24, 2.45) is 34.5 Å². The quantitative estimate of drug-likeness (QED) is 0.246. The van der Waals surface area contributed by atoms with E-state index in [1.807, 2.05) is 0 Å². The normalized spacial score (nSPS) is 57.6. The minimum absolute atomic E-state index is 0.0250. The smallest absolute Gasteiger partial charge is 0.108 e. The van der Waals surface area contributed by atoms with E-state index >= 15 is 0 Å². The fourth-order valence-electron chi connectivity index (χ4n) is 6.92. The van der Waals surface area contributed by atoms with E-state index in [1.165, 1.54) is 32.1 Å². The molecule has 0 heterocycles.